The first kappa shape index (κ1) is 13.4. The molecule has 100 valence electrons. The van der Waals surface area contributed by atoms with Crippen molar-refractivity contribution in [2.24, 2.45) is 0 Å². The Morgan fingerprint density at radius 2 is 2.39 bits per heavy atom. The van der Waals surface area contributed by atoms with Crippen LogP contribution in [-0.2, 0) is 6.54 Å². The highest BCUT2D eigenvalue weighted by Crippen LogP contribution is 2.12. The number of nitrogens with one attached hydrogen (secondary N) is 2. The van der Waals surface area contributed by atoms with Crippen LogP contribution in [0.1, 0.15) is 44.7 Å². The van der Waals surface area contributed by atoms with Crippen molar-refractivity contribution >= 4 is 0 Å². The fraction of sp³-hybridized carbons (Fsp3) is 0.714. The third kappa shape index (κ3) is 4.70. The largest absolute Gasteiger partial charge is 0.314 e. The minimum atomic E-state index is 0.516. The summed E-state index contributed by atoms with van der Waals surface area (Å²) in [5.41, 5.74) is 1.01. The molecule has 0 amide bonds. The standard InChI is InChI=1S/C14H24N4/c1-12(10-13-6-3-2-4-8-15-13)16-11-14-7-5-9-17-18-14/h5,7,9,12-13,15-16H,2-4,6,8,10-11H2,1H3. The Hall–Kier alpha value is -1.00. The van der Waals surface area contributed by atoms with E-state index in [2.05, 4.69) is 27.8 Å². The number of hydrogen-bond donors (Lipinski definition) is 2. The van der Waals surface area contributed by atoms with E-state index in [4.69, 9.17) is 0 Å². The van der Waals surface area contributed by atoms with E-state index in [9.17, 15) is 0 Å². The highest BCUT2D eigenvalue weighted by Gasteiger charge is 2.14. The quantitative estimate of drug-likeness (QED) is 0.835. The van der Waals surface area contributed by atoms with Gasteiger partial charge in [-0.25, -0.2) is 0 Å². The van der Waals surface area contributed by atoms with E-state index in [1.165, 1.54) is 38.6 Å². The van der Waals surface area contributed by atoms with Crippen LogP contribution in [0.3, 0.4) is 0 Å². The van der Waals surface area contributed by atoms with Crippen molar-refractivity contribution in [1.82, 2.24) is 20.8 Å². The summed E-state index contributed by atoms with van der Waals surface area (Å²) in [5, 5.41) is 15.1. The van der Waals surface area contributed by atoms with Gasteiger partial charge >= 0.3 is 0 Å². The van der Waals surface area contributed by atoms with E-state index in [-0.39, 0.29) is 0 Å². The normalized spacial score (nSPS) is 22.4. The second kappa shape index (κ2) is 7.44. The van der Waals surface area contributed by atoms with Gasteiger partial charge in [0.2, 0.25) is 0 Å². The van der Waals surface area contributed by atoms with Crippen LogP contribution in [0.15, 0.2) is 18.3 Å². The number of rotatable bonds is 5. The van der Waals surface area contributed by atoms with E-state index in [0.29, 0.717) is 12.1 Å². The average molecular weight is 248 g/mol. The summed E-state index contributed by atoms with van der Waals surface area (Å²) in [6, 6.07) is 5.14. The van der Waals surface area contributed by atoms with Crippen LogP contribution in [0, 0.1) is 0 Å². The van der Waals surface area contributed by atoms with Crippen molar-refractivity contribution in [3.63, 3.8) is 0 Å². The molecule has 1 aliphatic heterocycles. The van der Waals surface area contributed by atoms with Gasteiger partial charge in [-0.3, -0.25) is 0 Å². The SMILES string of the molecule is CC(CC1CCCCCN1)NCc1cccnn1. The highest BCUT2D eigenvalue weighted by molar-refractivity contribution is 4.98. The lowest BCUT2D eigenvalue weighted by Crippen LogP contribution is -2.36. The van der Waals surface area contributed by atoms with Gasteiger partial charge in [0.05, 0.1) is 5.69 Å². The Morgan fingerprint density at radius 1 is 1.44 bits per heavy atom. The van der Waals surface area contributed by atoms with Gasteiger partial charge < -0.3 is 10.6 Å². The molecule has 0 aliphatic carbocycles. The predicted molar refractivity (Wildman–Crippen MR) is 73.2 cm³/mol. The van der Waals surface area contributed by atoms with Gasteiger partial charge in [-0.05, 0) is 44.9 Å². The molecule has 18 heavy (non-hydrogen) atoms. The first-order valence-corrected chi connectivity index (χ1v) is 7.08. The molecule has 1 aliphatic rings. The van der Waals surface area contributed by atoms with E-state index in [0.717, 1.165) is 12.2 Å². The van der Waals surface area contributed by atoms with Crippen molar-refractivity contribution in [2.75, 3.05) is 6.54 Å². The molecule has 2 heterocycles. The molecule has 0 spiro atoms. The monoisotopic (exact) mass is 248 g/mol. The number of hydrogen-bond acceptors (Lipinski definition) is 4. The predicted octanol–water partition coefficient (Wildman–Crippen LogP) is 1.88. The van der Waals surface area contributed by atoms with Gasteiger partial charge in [0.15, 0.2) is 0 Å². The Bertz CT molecular complexity index is 320. The summed E-state index contributed by atoms with van der Waals surface area (Å²) < 4.78 is 0. The van der Waals surface area contributed by atoms with Crippen molar-refractivity contribution in [3.8, 4) is 0 Å². The van der Waals surface area contributed by atoms with Crippen LogP contribution in [0.5, 0.6) is 0 Å². The summed E-state index contributed by atoms with van der Waals surface area (Å²) >= 11 is 0. The molecule has 0 radical (unpaired) electrons. The van der Waals surface area contributed by atoms with Crippen LogP contribution >= 0.6 is 0 Å². The molecule has 1 fully saturated rings. The van der Waals surface area contributed by atoms with Crippen molar-refractivity contribution < 1.29 is 0 Å². The molecule has 1 aromatic rings. The molecule has 0 saturated carbocycles. The topological polar surface area (TPSA) is 49.8 Å². The Balaban J connectivity index is 1.69. The molecule has 2 unspecified atom stereocenters. The minimum Gasteiger partial charge on any atom is -0.314 e. The van der Waals surface area contributed by atoms with Crippen LogP contribution in [-0.4, -0.2) is 28.8 Å². The Labute approximate surface area is 110 Å². The summed E-state index contributed by atoms with van der Waals surface area (Å²) in [6.07, 6.45) is 8.30. The summed E-state index contributed by atoms with van der Waals surface area (Å²) in [6.45, 7) is 4.24. The van der Waals surface area contributed by atoms with E-state index < -0.39 is 0 Å². The molecule has 4 nitrogen and oxygen atoms in total. The maximum atomic E-state index is 4.08. The van der Waals surface area contributed by atoms with Gasteiger partial charge in [-0.2, -0.15) is 10.2 Å². The number of nitrogens with zero attached hydrogens (tertiary/aromatic N) is 2. The fourth-order valence-corrected chi connectivity index (χ4v) is 2.52. The van der Waals surface area contributed by atoms with Crippen molar-refractivity contribution in [3.05, 3.63) is 24.0 Å². The highest BCUT2D eigenvalue weighted by atomic mass is 15.1. The van der Waals surface area contributed by atoms with Gasteiger partial charge in [-0.15, -0.1) is 0 Å². The second-order valence-electron chi connectivity index (χ2n) is 5.23. The van der Waals surface area contributed by atoms with E-state index in [1.807, 2.05) is 12.1 Å². The first-order valence-electron chi connectivity index (χ1n) is 7.08. The lowest BCUT2D eigenvalue weighted by Gasteiger charge is -2.21. The van der Waals surface area contributed by atoms with Crippen LogP contribution in [0.25, 0.3) is 0 Å². The second-order valence-corrected chi connectivity index (χ2v) is 5.23. The Kier molecular flexibility index (Phi) is 5.55. The zero-order chi connectivity index (χ0) is 12.6. The average Bonchev–Trinajstić information content (AvgIpc) is 2.66. The van der Waals surface area contributed by atoms with Crippen molar-refractivity contribution in [2.45, 2.75) is 57.7 Å². The Morgan fingerprint density at radius 3 is 3.22 bits per heavy atom. The third-order valence-corrected chi connectivity index (χ3v) is 3.56. The molecule has 1 aromatic heterocycles. The molecule has 2 atom stereocenters. The van der Waals surface area contributed by atoms with Crippen LogP contribution in [0.2, 0.25) is 0 Å². The zero-order valence-electron chi connectivity index (χ0n) is 11.2. The minimum absolute atomic E-state index is 0.516. The lowest BCUT2D eigenvalue weighted by molar-refractivity contribution is 0.401. The molecule has 1 saturated heterocycles. The molecule has 2 rings (SSSR count). The van der Waals surface area contributed by atoms with Crippen LogP contribution < -0.4 is 10.6 Å². The first-order chi connectivity index (χ1) is 8.84. The molecule has 2 N–H and O–H groups in total. The zero-order valence-corrected chi connectivity index (χ0v) is 11.2. The van der Waals surface area contributed by atoms with Crippen LogP contribution in [0.4, 0.5) is 0 Å². The smallest absolute Gasteiger partial charge is 0.0769 e. The fourth-order valence-electron chi connectivity index (χ4n) is 2.52. The third-order valence-electron chi connectivity index (χ3n) is 3.56. The summed E-state index contributed by atoms with van der Waals surface area (Å²) in [7, 11) is 0. The molecule has 4 heteroatoms. The van der Waals surface area contributed by atoms with Crippen molar-refractivity contribution in [1.29, 1.82) is 0 Å². The molecular formula is C14H24N4. The maximum absolute atomic E-state index is 4.08. The van der Waals surface area contributed by atoms with Gasteiger partial charge in [-0.1, -0.05) is 12.8 Å². The maximum Gasteiger partial charge on any atom is 0.0769 e. The van der Waals surface area contributed by atoms with Gasteiger partial charge in [0.1, 0.15) is 0 Å². The van der Waals surface area contributed by atoms with Gasteiger partial charge in [0, 0.05) is 24.8 Å². The summed E-state index contributed by atoms with van der Waals surface area (Å²) in [4.78, 5) is 0. The molecular weight excluding hydrogens is 224 g/mol. The van der Waals surface area contributed by atoms with Gasteiger partial charge in [0.25, 0.3) is 0 Å². The molecule has 0 aromatic carbocycles. The number of aromatic nitrogens is 2. The lowest BCUT2D eigenvalue weighted by atomic mass is 10.0. The summed E-state index contributed by atoms with van der Waals surface area (Å²) in [5.74, 6) is 0. The van der Waals surface area contributed by atoms with E-state index >= 15 is 0 Å². The van der Waals surface area contributed by atoms with E-state index in [1.54, 1.807) is 6.20 Å². The molecule has 0 bridgehead atoms.